The fourth-order valence-electron chi connectivity index (χ4n) is 7.68. The number of hydrogen-bond acceptors (Lipinski definition) is 6. The normalized spacial score (nSPS) is 39.1. The van der Waals surface area contributed by atoms with E-state index in [9.17, 15) is 14.7 Å². The largest absolute Gasteiger partial charge is 0.461 e. The SMILES string of the molecule is C=C[C@]1(C)C[C@@H](OC(=O)CSc2cccc(CN=[N+]=[N-])c2)[C@]2(C)C(C)CCC3(CCC(=O)C32)[C@@H](C)[C@@H]1O. The van der Waals surface area contributed by atoms with Crippen molar-refractivity contribution in [2.24, 2.45) is 39.1 Å². The molecule has 8 heteroatoms. The number of aliphatic hydroxyl groups is 1. The lowest BCUT2D eigenvalue weighted by Gasteiger charge is -2.61. The second-order valence-corrected chi connectivity index (χ2v) is 12.9. The van der Waals surface area contributed by atoms with Crippen LogP contribution in [0.5, 0.6) is 0 Å². The Hall–Kier alpha value is -2.28. The van der Waals surface area contributed by atoms with E-state index in [1.165, 1.54) is 11.8 Å². The van der Waals surface area contributed by atoms with Crippen LogP contribution in [0.25, 0.3) is 10.4 Å². The molecule has 3 unspecified atom stereocenters. The van der Waals surface area contributed by atoms with Gasteiger partial charge in [-0.05, 0) is 66.2 Å². The molecule has 0 spiro atoms. The highest BCUT2D eigenvalue weighted by Gasteiger charge is 2.68. The molecule has 200 valence electrons. The molecule has 2 bridgehead atoms. The number of ketones is 1. The zero-order chi connectivity index (χ0) is 27.0. The molecule has 0 aliphatic heterocycles. The smallest absolute Gasteiger partial charge is 0.316 e. The summed E-state index contributed by atoms with van der Waals surface area (Å²) in [5.74, 6) is -0.0387. The van der Waals surface area contributed by atoms with E-state index in [-0.39, 0.29) is 47.2 Å². The Morgan fingerprint density at radius 1 is 1.35 bits per heavy atom. The third-order valence-electron chi connectivity index (χ3n) is 10.1. The molecule has 0 radical (unpaired) electrons. The van der Waals surface area contributed by atoms with Gasteiger partial charge in [0.05, 0.1) is 18.4 Å². The minimum absolute atomic E-state index is 0.0522. The van der Waals surface area contributed by atoms with Gasteiger partial charge in [-0.25, -0.2) is 0 Å². The van der Waals surface area contributed by atoms with Crippen molar-refractivity contribution >= 4 is 23.5 Å². The molecule has 3 fully saturated rings. The highest BCUT2D eigenvalue weighted by atomic mass is 32.2. The molecular weight excluding hydrogens is 486 g/mol. The number of carbonyl (C=O) groups excluding carboxylic acids is 2. The Balaban J connectivity index is 1.62. The fraction of sp³-hybridized carbons (Fsp3) is 0.655. The monoisotopic (exact) mass is 525 g/mol. The summed E-state index contributed by atoms with van der Waals surface area (Å²) in [5, 5.41) is 15.2. The molecular formula is C29H39N3O4S. The topological polar surface area (TPSA) is 112 Å². The highest BCUT2D eigenvalue weighted by Crippen LogP contribution is 2.68. The summed E-state index contributed by atoms with van der Waals surface area (Å²) in [7, 11) is 0. The van der Waals surface area contributed by atoms with Crippen molar-refractivity contribution in [2.45, 2.75) is 83.4 Å². The van der Waals surface area contributed by atoms with E-state index in [1.54, 1.807) is 0 Å². The summed E-state index contributed by atoms with van der Waals surface area (Å²) in [6, 6.07) is 7.57. The first-order valence-electron chi connectivity index (χ1n) is 13.3. The van der Waals surface area contributed by atoms with E-state index in [4.69, 9.17) is 10.3 Å². The maximum atomic E-state index is 13.5. The van der Waals surface area contributed by atoms with Gasteiger partial charge in [0.15, 0.2) is 0 Å². The van der Waals surface area contributed by atoms with Gasteiger partial charge in [0.25, 0.3) is 0 Å². The Kier molecular flexibility index (Phi) is 7.85. The van der Waals surface area contributed by atoms with Crippen LogP contribution in [0.1, 0.15) is 65.4 Å². The number of carbonyl (C=O) groups is 2. The maximum Gasteiger partial charge on any atom is 0.316 e. The number of esters is 1. The molecule has 1 aromatic rings. The molecule has 3 saturated carbocycles. The van der Waals surface area contributed by atoms with Gasteiger partial charge in [-0.3, -0.25) is 9.59 Å². The summed E-state index contributed by atoms with van der Waals surface area (Å²) >= 11 is 1.38. The van der Waals surface area contributed by atoms with Gasteiger partial charge in [-0.2, -0.15) is 0 Å². The van der Waals surface area contributed by atoms with Crippen molar-refractivity contribution in [3.63, 3.8) is 0 Å². The molecule has 3 aliphatic rings. The van der Waals surface area contributed by atoms with Crippen LogP contribution in [0.15, 0.2) is 46.9 Å². The van der Waals surface area contributed by atoms with Crippen LogP contribution < -0.4 is 0 Å². The number of ether oxygens (including phenoxy) is 1. The van der Waals surface area contributed by atoms with Crippen molar-refractivity contribution in [2.75, 3.05) is 5.75 Å². The van der Waals surface area contributed by atoms with Crippen molar-refractivity contribution in [3.8, 4) is 0 Å². The third-order valence-corrected chi connectivity index (χ3v) is 11.1. The lowest BCUT2D eigenvalue weighted by atomic mass is 9.44. The molecule has 8 atom stereocenters. The van der Waals surface area contributed by atoms with E-state index in [0.717, 1.165) is 29.7 Å². The fourth-order valence-corrected chi connectivity index (χ4v) is 8.45. The molecule has 0 aromatic heterocycles. The van der Waals surface area contributed by atoms with Crippen LogP contribution in [-0.4, -0.2) is 34.8 Å². The first kappa shape index (κ1) is 27.7. The number of nitrogens with zero attached hydrogens (tertiary/aromatic N) is 3. The molecule has 0 amide bonds. The Bertz CT molecular complexity index is 1120. The van der Waals surface area contributed by atoms with Crippen LogP contribution in [0.3, 0.4) is 0 Å². The van der Waals surface area contributed by atoms with Crippen molar-refractivity contribution in [3.05, 3.63) is 52.9 Å². The zero-order valence-electron chi connectivity index (χ0n) is 22.4. The van der Waals surface area contributed by atoms with Gasteiger partial charge in [0.1, 0.15) is 11.9 Å². The van der Waals surface area contributed by atoms with Gasteiger partial charge < -0.3 is 9.84 Å². The Labute approximate surface area is 224 Å². The molecule has 4 rings (SSSR count). The quantitative estimate of drug-likeness (QED) is 0.109. The second-order valence-electron chi connectivity index (χ2n) is 11.9. The Morgan fingerprint density at radius 2 is 2.11 bits per heavy atom. The summed E-state index contributed by atoms with van der Waals surface area (Å²) in [6.45, 7) is 12.8. The molecule has 7 nitrogen and oxygen atoms in total. The van der Waals surface area contributed by atoms with E-state index in [2.05, 4.69) is 37.4 Å². The van der Waals surface area contributed by atoms with Gasteiger partial charge in [0, 0.05) is 33.0 Å². The highest BCUT2D eigenvalue weighted by molar-refractivity contribution is 8.00. The standard InChI is InChI=1S/C29H39N3O4S/c1-6-27(4)15-23(36-24(34)17-37-21-9-7-8-20(14-21)16-31-32-30)28(5)18(2)10-12-29(19(3)26(27)35)13-11-22(33)25(28)29/h6-9,14,18-19,23,25-26,35H,1,10-13,15-17H2,2-5H3/t18?,19-,23+,25?,26-,27+,28-,29?/m0/s1. The lowest BCUT2D eigenvalue weighted by molar-refractivity contribution is -0.205. The van der Waals surface area contributed by atoms with Crippen LogP contribution in [-0.2, 0) is 20.9 Å². The van der Waals surface area contributed by atoms with Crippen LogP contribution >= 0.6 is 11.8 Å². The summed E-state index contributed by atoms with van der Waals surface area (Å²) in [4.78, 5) is 30.5. The van der Waals surface area contributed by atoms with Gasteiger partial charge in [0.2, 0.25) is 0 Å². The van der Waals surface area contributed by atoms with E-state index >= 15 is 0 Å². The average molecular weight is 526 g/mol. The number of aliphatic hydroxyl groups excluding tert-OH is 1. The first-order chi connectivity index (χ1) is 17.5. The summed E-state index contributed by atoms with van der Waals surface area (Å²) < 4.78 is 6.30. The number of hydrogen-bond donors (Lipinski definition) is 1. The van der Waals surface area contributed by atoms with Gasteiger partial charge in [-0.15, -0.1) is 18.3 Å². The molecule has 1 N–H and O–H groups in total. The first-order valence-corrected chi connectivity index (χ1v) is 14.3. The minimum atomic E-state index is -0.675. The van der Waals surface area contributed by atoms with E-state index < -0.39 is 23.0 Å². The van der Waals surface area contributed by atoms with Gasteiger partial charge in [-0.1, -0.05) is 51.0 Å². The lowest BCUT2D eigenvalue weighted by Crippen LogP contribution is -2.63. The van der Waals surface area contributed by atoms with Crippen LogP contribution in [0.4, 0.5) is 0 Å². The number of benzene rings is 1. The summed E-state index contributed by atoms with van der Waals surface area (Å²) in [6.07, 6.45) is 4.23. The van der Waals surface area contributed by atoms with Crippen LogP contribution in [0.2, 0.25) is 0 Å². The van der Waals surface area contributed by atoms with E-state index in [0.29, 0.717) is 12.8 Å². The van der Waals surface area contributed by atoms with Crippen molar-refractivity contribution in [1.29, 1.82) is 0 Å². The number of Topliss-reactive ketones (excluding diaryl/α,β-unsaturated/α-hetero) is 1. The molecule has 37 heavy (non-hydrogen) atoms. The number of azide groups is 1. The van der Waals surface area contributed by atoms with E-state index in [1.807, 2.05) is 37.3 Å². The predicted molar refractivity (Wildman–Crippen MR) is 145 cm³/mol. The van der Waals surface area contributed by atoms with Gasteiger partial charge >= 0.3 is 5.97 Å². The third kappa shape index (κ3) is 4.73. The Morgan fingerprint density at radius 3 is 2.81 bits per heavy atom. The van der Waals surface area contributed by atoms with Crippen molar-refractivity contribution < 1.29 is 19.4 Å². The maximum absolute atomic E-state index is 13.5. The van der Waals surface area contributed by atoms with Crippen molar-refractivity contribution in [1.82, 2.24) is 0 Å². The molecule has 1 aromatic carbocycles. The number of rotatable bonds is 7. The predicted octanol–water partition coefficient (Wildman–Crippen LogP) is 6.50. The zero-order valence-corrected chi connectivity index (χ0v) is 23.2. The number of thioether (sulfide) groups is 1. The summed E-state index contributed by atoms with van der Waals surface area (Å²) in [5.41, 5.74) is 8.01. The molecule has 3 aliphatic carbocycles. The average Bonchev–Trinajstić information content (AvgIpc) is 3.25. The van der Waals surface area contributed by atoms with Crippen LogP contribution in [0, 0.1) is 34.0 Å². The molecule has 0 heterocycles. The molecule has 0 saturated heterocycles. The second kappa shape index (κ2) is 10.5. The minimum Gasteiger partial charge on any atom is -0.461 e.